The molecule has 9 heteroatoms. The van der Waals surface area contributed by atoms with Gasteiger partial charge in [-0.1, -0.05) is 85.5 Å². The predicted molar refractivity (Wildman–Crippen MR) is 169 cm³/mol. The van der Waals surface area contributed by atoms with Crippen molar-refractivity contribution < 1.29 is 18.0 Å². The minimum atomic E-state index is -3.82. The van der Waals surface area contributed by atoms with Crippen LogP contribution in [0.2, 0.25) is 5.02 Å². The average Bonchev–Trinajstić information content (AvgIpc) is 2.96. The fourth-order valence-corrected chi connectivity index (χ4v) is 6.51. The molecule has 0 bridgehead atoms. The second-order valence-corrected chi connectivity index (χ2v) is 13.5. The minimum absolute atomic E-state index is 0.0551. The van der Waals surface area contributed by atoms with Gasteiger partial charge >= 0.3 is 0 Å². The zero-order chi connectivity index (χ0) is 30.3. The third kappa shape index (κ3) is 8.35. The summed E-state index contributed by atoms with van der Waals surface area (Å²) in [6.45, 7) is 3.43. The number of halogens is 1. The average molecular weight is 610 g/mol. The maximum absolute atomic E-state index is 14.3. The zero-order valence-electron chi connectivity index (χ0n) is 24.6. The van der Waals surface area contributed by atoms with Crippen LogP contribution in [0.5, 0.6) is 0 Å². The van der Waals surface area contributed by atoms with Crippen LogP contribution in [0.1, 0.15) is 54.4 Å². The topological polar surface area (TPSA) is 86.8 Å². The lowest BCUT2D eigenvalue weighted by Gasteiger charge is -2.35. The van der Waals surface area contributed by atoms with E-state index in [0.29, 0.717) is 17.1 Å². The highest BCUT2D eigenvalue weighted by atomic mass is 35.5. The molecule has 42 heavy (non-hydrogen) atoms. The molecule has 3 aromatic rings. The molecule has 0 unspecified atom stereocenters. The van der Waals surface area contributed by atoms with Gasteiger partial charge in [0.15, 0.2) is 0 Å². The molecular formula is C33H40ClN3O4S. The number of aryl methyl sites for hydroxylation is 1. The van der Waals surface area contributed by atoms with Gasteiger partial charge in [-0.3, -0.25) is 13.9 Å². The van der Waals surface area contributed by atoms with Crippen molar-refractivity contribution in [2.75, 3.05) is 17.1 Å². The number of rotatable bonds is 11. The highest BCUT2D eigenvalue weighted by molar-refractivity contribution is 7.92. The van der Waals surface area contributed by atoms with E-state index in [1.165, 1.54) is 4.90 Å². The lowest BCUT2D eigenvalue weighted by Crippen LogP contribution is -2.55. The van der Waals surface area contributed by atoms with Gasteiger partial charge in [0.2, 0.25) is 21.8 Å². The van der Waals surface area contributed by atoms with E-state index >= 15 is 0 Å². The van der Waals surface area contributed by atoms with Crippen LogP contribution in [0.15, 0.2) is 72.8 Å². The smallest absolute Gasteiger partial charge is 0.244 e. The third-order valence-corrected chi connectivity index (χ3v) is 9.39. The molecule has 1 N–H and O–H groups in total. The maximum Gasteiger partial charge on any atom is 0.244 e. The first-order valence-corrected chi connectivity index (χ1v) is 16.7. The van der Waals surface area contributed by atoms with Crippen molar-refractivity contribution in [2.24, 2.45) is 0 Å². The molecule has 1 fully saturated rings. The summed E-state index contributed by atoms with van der Waals surface area (Å²) in [7, 11) is -3.82. The first kappa shape index (κ1) is 31.6. The highest BCUT2D eigenvalue weighted by Gasteiger charge is 2.34. The number of hydrogen-bond donors (Lipinski definition) is 1. The van der Waals surface area contributed by atoms with E-state index in [9.17, 15) is 18.0 Å². The Morgan fingerprint density at radius 2 is 1.57 bits per heavy atom. The van der Waals surface area contributed by atoms with Crippen molar-refractivity contribution in [3.05, 3.63) is 100 Å². The zero-order valence-corrected chi connectivity index (χ0v) is 26.1. The second-order valence-electron chi connectivity index (χ2n) is 11.2. The van der Waals surface area contributed by atoms with Gasteiger partial charge in [-0.15, -0.1) is 0 Å². The van der Waals surface area contributed by atoms with Gasteiger partial charge < -0.3 is 10.2 Å². The fraction of sp³-hybridized carbons (Fsp3) is 0.394. The Labute approximate surface area is 254 Å². The van der Waals surface area contributed by atoms with Gasteiger partial charge in [0.25, 0.3) is 0 Å². The van der Waals surface area contributed by atoms with Crippen LogP contribution in [0, 0.1) is 13.8 Å². The highest BCUT2D eigenvalue weighted by Crippen LogP contribution is 2.26. The predicted octanol–water partition coefficient (Wildman–Crippen LogP) is 5.81. The van der Waals surface area contributed by atoms with Gasteiger partial charge in [0.05, 0.1) is 11.9 Å². The minimum Gasteiger partial charge on any atom is -0.352 e. The van der Waals surface area contributed by atoms with Gasteiger partial charge in [0, 0.05) is 24.0 Å². The summed E-state index contributed by atoms with van der Waals surface area (Å²) in [5.41, 5.74) is 3.83. The number of carbonyl (C=O) groups excluding carboxylic acids is 2. The number of sulfonamides is 1. The molecule has 3 aromatic carbocycles. The summed E-state index contributed by atoms with van der Waals surface area (Å²) < 4.78 is 27.3. The van der Waals surface area contributed by atoms with Crippen LogP contribution in [-0.2, 0) is 32.6 Å². The Kier molecular flexibility index (Phi) is 10.7. The molecule has 0 spiro atoms. The molecule has 2 amide bonds. The number of carbonyl (C=O) groups is 2. The molecule has 0 radical (unpaired) electrons. The molecule has 0 saturated heterocycles. The van der Waals surface area contributed by atoms with Gasteiger partial charge in [0.1, 0.15) is 12.6 Å². The third-order valence-electron chi connectivity index (χ3n) is 8.01. The number of anilines is 1. The molecule has 1 aliphatic carbocycles. The molecular weight excluding hydrogens is 570 g/mol. The van der Waals surface area contributed by atoms with E-state index in [-0.39, 0.29) is 18.5 Å². The standard InChI is InChI=1S/C33H40ClN3O4S/c1-24-11-10-16-30(25(24)2)37(42(3,40)41)23-32(38)36(22-27-17-19-28(34)20-18-27)31(21-26-12-6-4-7-13-26)33(39)35-29-14-8-5-9-15-29/h4,6-7,10-13,16-20,29,31H,5,8-9,14-15,21-23H2,1-3H3,(H,35,39)/t31-/m0/s1. The lowest BCUT2D eigenvalue weighted by atomic mass is 9.94. The van der Waals surface area contributed by atoms with E-state index in [4.69, 9.17) is 11.6 Å². The van der Waals surface area contributed by atoms with Gasteiger partial charge in [-0.25, -0.2) is 8.42 Å². The maximum atomic E-state index is 14.3. The molecule has 1 atom stereocenters. The fourth-order valence-electron chi connectivity index (χ4n) is 5.49. The molecule has 7 nitrogen and oxygen atoms in total. The number of benzene rings is 3. The number of amides is 2. The molecule has 0 heterocycles. The van der Waals surface area contributed by atoms with Crippen LogP contribution in [0.4, 0.5) is 5.69 Å². The van der Waals surface area contributed by atoms with Crippen molar-refractivity contribution in [1.29, 1.82) is 0 Å². The Morgan fingerprint density at radius 3 is 2.21 bits per heavy atom. The van der Waals surface area contributed by atoms with Gasteiger partial charge in [-0.2, -0.15) is 0 Å². The second kappa shape index (κ2) is 14.2. The summed E-state index contributed by atoms with van der Waals surface area (Å²) in [6.07, 6.45) is 6.47. The van der Waals surface area contributed by atoms with E-state index in [1.807, 2.05) is 62.4 Å². The summed E-state index contributed by atoms with van der Waals surface area (Å²) in [4.78, 5) is 29.8. The quantitative estimate of drug-likeness (QED) is 0.297. The van der Waals surface area contributed by atoms with Crippen molar-refractivity contribution in [1.82, 2.24) is 10.2 Å². The Morgan fingerprint density at radius 1 is 0.905 bits per heavy atom. The van der Waals surface area contributed by atoms with Crippen LogP contribution < -0.4 is 9.62 Å². The van der Waals surface area contributed by atoms with Crippen LogP contribution in [0.25, 0.3) is 0 Å². The number of nitrogens with zero attached hydrogens (tertiary/aromatic N) is 2. The van der Waals surface area contributed by atoms with E-state index in [2.05, 4.69) is 5.32 Å². The summed E-state index contributed by atoms with van der Waals surface area (Å²) in [5.74, 6) is -0.693. The molecule has 224 valence electrons. The number of nitrogens with one attached hydrogen (secondary N) is 1. The summed E-state index contributed by atoms with van der Waals surface area (Å²) in [5, 5.41) is 3.78. The normalized spacial score (nSPS) is 14.7. The molecule has 0 aliphatic heterocycles. The van der Waals surface area contributed by atoms with Gasteiger partial charge in [-0.05, 0) is 67.1 Å². The van der Waals surface area contributed by atoms with E-state index in [0.717, 1.165) is 64.9 Å². The van der Waals surface area contributed by atoms with Crippen molar-refractivity contribution in [2.45, 2.75) is 71.0 Å². The largest absolute Gasteiger partial charge is 0.352 e. The number of hydrogen-bond acceptors (Lipinski definition) is 4. The summed E-state index contributed by atoms with van der Waals surface area (Å²) in [6, 6.07) is 21.3. The summed E-state index contributed by atoms with van der Waals surface area (Å²) >= 11 is 6.14. The Balaban J connectivity index is 1.73. The Hall–Kier alpha value is -3.36. The lowest BCUT2D eigenvalue weighted by molar-refractivity contribution is -0.140. The monoisotopic (exact) mass is 609 g/mol. The van der Waals surface area contributed by atoms with Crippen molar-refractivity contribution in [3.8, 4) is 0 Å². The van der Waals surface area contributed by atoms with E-state index in [1.54, 1.807) is 24.3 Å². The van der Waals surface area contributed by atoms with Crippen molar-refractivity contribution in [3.63, 3.8) is 0 Å². The van der Waals surface area contributed by atoms with Crippen LogP contribution >= 0.6 is 11.6 Å². The van der Waals surface area contributed by atoms with E-state index < -0.39 is 28.5 Å². The molecule has 4 rings (SSSR count). The first-order chi connectivity index (χ1) is 20.0. The Bertz CT molecular complexity index is 1470. The SMILES string of the molecule is Cc1cccc(N(CC(=O)N(Cc2ccc(Cl)cc2)[C@@H](Cc2ccccc2)C(=O)NC2CCCCC2)S(C)(=O)=O)c1C. The molecule has 0 aromatic heterocycles. The molecule has 1 saturated carbocycles. The van der Waals surface area contributed by atoms with Crippen LogP contribution in [-0.4, -0.2) is 50.0 Å². The van der Waals surface area contributed by atoms with Crippen LogP contribution in [0.3, 0.4) is 0 Å². The molecule has 1 aliphatic rings. The van der Waals surface area contributed by atoms with Crippen molar-refractivity contribution >= 4 is 39.1 Å². The first-order valence-electron chi connectivity index (χ1n) is 14.4.